The molecule has 1 aromatic heterocycles. The number of amides is 1. The average Bonchev–Trinajstić information content (AvgIpc) is 3.15. The van der Waals surface area contributed by atoms with Crippen molar-refractivity contribution in [2.24, 2.45) is 0 Å². The Kier molecular flexibility index (Phi) is 5.70. The molecule has 5 nitrogen and oxygen atoms in total. The lowest BCUT2D eigenvalue weighted by molar-refractivity contribution is -0.118. The van der Waals surface area contributed by atoms with E-state index in [2.05, 4.69) is 31.1 Å². The van der Waals surface area contributed by atoms with Gasteiger partial charge in [0.15, 0.2) is 12.2 Å². The average molecular weight is 435 g/mol. The molecular weight excluding hydrogens is 412 g/mol. The van der Waals surface area contributed by atoms with Crippen molar-refractivity contribution in [2.75, 3.05) is 11.9 Å². The second-order valence-electron chi connectivity index (χ2n) is 8.32. The highest BCUT2D eigenvalue weighted by Gasteiger charge is 2.14. The molecule has 0 radical (unpaired) electrons. The zero-order chi connectivity index (χ0) is 22.0. The van der Waals surface area contributed by atoms with Crippen LogP contribution in [0.4, 0.5) is 5.69 Å². The highest BCUT2D eigenvalue weighted by Crippen LogP contribution is 2.28. The van der Waals surface area contributed by atoms with Crippen molar-refractivity contribution >= 4 is 34.3 Å². The fraction of sp³-hybridized carbons (Fsp3) is 0.200. The van der Waals surface area contributed by atoms with E-state index in [0.29, 0.717) is 33.4 Å². The number of nitrogens with one attached hydrogen (secondary N) is 1. The second kappa shape index (κ2) is 8.44. The number of hydrogen-bond acceptors (Lipinski definition) is 4. The first kappa shape index (κ1) is 20.9. The summed E-state index contributed by atoms with van der Waals surface area (Å²) in [5.41, 5.74) is 3.97. The summed E-state index contributed by atoms with van der Waals surface area (Å²) >= 11 is 6.05. The van der Waals surface area contributed by atoms with Gasteiger partial charge in [0.25, 0.3) is 5.91 Å². The molecular formula is C25H23ClN2O3. The smallest absolute Gasteiger partial charge is 0.262 e. The lowest BCUT2D eigenvalue weighted by Crippen LogP contribution is -2.20. The molecule has 0 aliphatic carbocycles. The van der Waals surface area contributed by atoms with Crippen molar-refractivity contribution in [1.82, 2.24) is 4.98 Å². The first-order valence-corrected chi connectivity index (χ1v) is 10.4. The summed E-state index contributed by atoms with van der Waals surface area (Å²) in [5.74, 6) is 0.877. The van der Waals surface area contributed by atoms with Crippen molar-refractivity contribution in [3.63, 3.8) is 0 Å². The van der Waals surface area contributed by atoms with E-state index in [-0.39, 0.29) is 17.9 Å². The number of carbonyl (C=O) groups is 1. The molecule has 0 saturated carbocycles. The number of fused-ring (bicyclic) bond motifs is 1. The second-order valence-corrected chi connectivity index (χ2v) is 8.76. The number of hydrogen-bond donors (Lipinski definition) is 1. The Hall–Kier alpha value is -3.31. The van der Waals surface area contributed by atoms with E-state index in [1.807, 2.05) is 36.4 Å². The first-order valence-electron chi connectivity index (χ1n) is 9.98. The molecule has 0 saturated heterocycles. The van der Waals surface area contributed by atoms with Crippen LogP contribution in [-0.4, -0.2) is 17.5 Å². The van der Waals surface area contributed by atoms with Crippen LogP contribution in [0.5, 0.6) is 5.75 Å². The molecule has 31 heavy (non-hydrogen) atoms. The molecule has 4 aromatic rings. The zero-order valence-electron chi connectivity index (χ0n) is 17.6. The quantitative estimate of drug-likeness (QED) is 0.391. The number of aromatic nitrogens is 1. The van der Waals surface area contributed by atoms with Crippen LogP contribution in [0.2, 0.25) is 5.02 Å². The van der Waals surface area contributed by atoms with Gasteiger partial charge in [0.2, 0.25) is 5.89 Å². The Morgan fingerprint density at radius 3 is 2.55 bits per heavy atom. The van der Waals surface area contributed by atoms with E-state index in [4.69, 9.17) is 20.8 Å². The molecule has 6 heteroatoms. The van der Waals surface area contributed by atoms with Gasteiger partial charge < -0.3 is 14.5 Å². The Bertz CT molecular complexity index is 1220. The summed E-state index contributed by atoms with van der Waals surface area (Å²) in [4.78, 5) is 16.8. The molecule has 1 heterocycles. The van der Waals surface area contributed by atoms with Gasteiger partial charge in [-0.3, -0.25) is 4.79 Å². The van der Waals surface area contributed by atoms with Gasteiger partial charge in [-0.2, -0.15) is 0 Å². The van der Waals surface area contributed by atoms with E-state index in [1.54, 1.807) is 30.3 Å². The van der Waals surface area contributed by atoms with Gasteiger partial charge >= 0.3 is 0 Å². The van der Waals surface area contributed by atoms with Gasteiger partial charge in [0.1, 0.15) is 11.3 Å². The highest BCUT2D eigenvalue weighted by molar-refractivity contribution is 6.30. The largest absolute Gasteiger partial charge is 0.484 e. The SMILES string of the molecule is CC(C)(C)c1ccc(OCC(=O)Nc2ccc3oc(-c4cccc(Cl)c4)nc3c2)cc1. The molecule has 1 amide bonds. The minimum atomic E-state index is -0.252. The molecule has 0 aliphatic rings. The van der Waals surface area contributed by atoms with Crippen molar-refractivity contribution in [2.45, 2.75) is 26.2 Å². The fourth-order valence-corrected chi connectivity index (χ4v) is 3.34. The summed E-state index contributed by atoms with van der Waals surface area (Å²) < 4.78 is 11.4. The summed E-state index contributed by atoms with van der Waals surface area (Å²) in [6.07, 6.45) is 0. The first-order chi connectivity index (χ1) is 14.8. The van der Waals surface area contributed by atoms with Crippen LogP contribution in [0, 0.1) is 0 Å². The molecule has 158 valence electrons. The number of benzene rings is 3. The molecule has 4 rings (SSSR count). The molecule has 0 atom stereocenters. The van der Waals surface area contributed by atoms with E-state index in [0.717, 1.165) is 5.56 Å². The van der Waals surface area contributed by atoms with E-state index in [9.17, 15) is 4.79 Å². The van der Waals surface area contributed by atoms with Crippen LogP contribution < -0.4 is 10.1 Å². The molecule has 0 aliphatic heterocycles. The Balaban J connectivity index is 1.40. The molecule has 0 spiro atoms. The summed E-state index contributed by atoms with van der Waals surface area (Å²) in [6, 6.07) is 20.4. The van der Waals surface area contributed by atoms with E-state index in [1.165, 1.54) is 5.56 Å². The lowest BCUT2D eigenvalue weighted by atomic mass is 9.87. The van der Waals surface area contributed by atoms with Crippen LogP contribution in [0.3, 0.4) is 0 Å². The minimum Gasteiger partial charge on any atom is -0.484 e. The monoisotopic (exact) mass is 434 g/mol. The van der Waals surface area contributed by atoms with Crippen LogP contribution in [0.25, 0.3) is 22.6 Å². The normalized spacial score (nSPS) is 11.5. The maximum atomic E-state index is 12.3. The summed E-state index contributed by atoms with van der Waals surface area (Å²) in [5, 5.41) is 3.44. The number of nitrogens with zero attached hydrogens (tertiary/aromatic N) is 1. The van der Waals surface area contributed by atoms with Crippen LogP contribution in [-0.2, 0) is 10.2 Å². The molecule has 0 fully saturated rings. The van der Waals surface area contributed by atoms with Crippen LogP contribution in [0.15, 0.2) is 71.1 Å². The maximum Gasteiger partial charge on any atom is 0.262 e. The number of carbonyl (C=O) groups excluding carboxylic acids is 1. The third-order valence-corrected chi connectivity index (χ3v) is 5.07. The maximum absolute atomic E-state index is 12.3. The van der Waals surface area contributed by atoms with Crippen molar-refractivity contribution in [3.05, 3.63) is 77.3 Å². The highest BCUT2D eigenvalue weighted by atomic mass is 35.5. The lowest BCUT2D eigenvalue weighted by Gasteiger charge is -2.19. The van der Waals surface area contributed by atoms with Gasteiger partial charge in [-0.05, 0) is 59.5 Å². The zero-order valence-corrected chi connectivity index (χ0v) is 18.4. The predicted molar refractivity (Wildman–Crippen MR) is 124 cm³/mol. The number of rotatable bonds is 5. The van der Waals surface area contributed by atoms with Crippen molar-refractivity contribution in [1.29, 1.82) is 0 Å². The van der Waals surface area contributed by atoms with E-state index < -0.39 is 0 Å². The minimum absolute atomic E-state index is 0.0717. The van der Waals surface area contributed by atoms with Crippen LogP contribution >= 0.6 is 11.6 Å². The third kappa shape index (κ3) is 5.06. The Morgan fingerprint density at radius 1 is 1.06 bits per heavy atom. The summed E-state index contributed by atoms with van der Waals surface area (Å²) in [6.45, 7) is 6.37. The van der Waals surface area contributed by atoms with Gasteiger partial charge in [-0.1, -0.05) is 50.6 Å². The van der Waals surface area contributed by atoms with Gasteiger partial charge in [-0.15, -0.1) is 0 Å². The standard InChI is InChI=1S/C25H23ClN2O3/c1-25(2,3)17-7-10-20(11-8-17)30-15-23(29)27-19-9-12-22-21(14-19)28-24(31-22)16-5-4-6-18(26)13-16/h4-14H,15H2,1-3H3,(H,27,29). The van der Waals surface area contributed by atoms with Crippen LogP contribution in [0.1, 0.15) is 26.3 Å². The number of ether oxygens (including phenoxy) is 1. The predicted octanol–water partition coefficient (Wildman–Crippen LogP) is 6.46. The number of anilines is 1. The molecule has 3 aromatic carbocycles. The summed E-state index contributed by atoms with van der Waals surface area (Å²) in [7, 11) is 0. The topological polar surface area (TPSA) is 64.4 Å². The van der Waals surface area contributed by atoms with Crippen molar-refractivity contribution < 1.29 is 13.9 Å². The number of halogens is 1. The van der Waals surface area contributed by atoms with E-state index >= 15 is 0 Å². The third-order valence-electron chi connectivity index (χ3n) is 4.83. The van der Waals surface area contributed by atoms with Gasteiger partial charge in [0, 0.05) is 16.3 Å². The Morgan fingerprint density at radius 2 is 1.84 bits per heavy atom. The van der Waals surface area contributed by atoms with Gasteiger partial charge in [0.05, 0.1) is 0 Å². The molecule has 0 unspecified atom stereocenters. The van der Waals surface area contributed by atoms with Crippen molar-refractivity contribution in [3.8, 4) is 17.2 Å². The molecule has 1 N–H and O–H groups in total. The van der Waals surface area contributed by atoms with Gasteiger partial charge in [-0.25, -0.2) is 4.98 Å². The fourth-order valence-electron chi connectivity index (χ4n) is 3.15. The molecule has 0 bridgehead atoms. The Labute approximate surface area is 186 Å². The number of oxazole rings is 1.